The van der Waals surface area contributed by atoms with Crippen LogP contribution < -0.4 is 4.74 Å². The second-order valence-electron chi connectivity index (χ2n) is 7.56. The van der Waals surface area contributed by atoms with E-state index in [0.717, 1.165) is 63.7 Å². The van der Waals surface area contributed by atoms with E-state index in [9.17, 15) is 4.79 Å². The van der Waals surface area contributed by atoms with Crippen molar-refractivity contribution in [3.8, 4) is 5.75 Å². The first-order valence-corrected chi connectivity index (χ1v) is 10.5. The molecule has 0 N–H and O–H groups in total. The van der Waals surface area contributed by atoms with E-state index in [2.05, 4.69) is 0 Å². The molecule has 3 aliphatic rings. The standard InChI is InChI=1S/C20H27NO4S/c22-19(12-25-17-4-2-1-3-5-17)21-14-20(15-21)10-18(13-26-20)24-11-16-6-8-23-9-7-16/h1-5,16,18H,6-15H2. The summed E-state index contributed by atoms with van der Waals surface area (Å²) in [5, 5.41) is 0. The van der Waals surface area contributed by atoms with E-state index in [-0.39, 0.29) is 17.3 Å². The minimum atomic E-state index is 0.0756. The van der Waals surface area contributed by atoms with Crippen molar-refractivity contribution in [3.05, 3.63) is 30.3 Å². The van der Waals surface area contributed by atoms with Gasteiger partial charge in [0.15, 0.2) is 6.61 Å². The van der Waals surface area contributed by atoms with Gasteiger partial charge in [-0.05, 0) is 37.3 Å². The van der Waals surface area contributed by atoms with Crippen molar-refractivity contribution in [2.24, 2.45) is 5.92 Å². The van der Waals surface area contributed by atoms with E-state index in [4.69, 9.17) is 14.2 Å². The van der Waals surface area contributed by atoms with Gasteiger partial charge in [-0.1, -0.05) is 18.2 Å². The maximum absolute atomic E-state index is 12.3. The Morgan fingerprint density at radius 2 is 2.00 bits per heavy atom. The first-order chi connectivity index (χ1) is 12.7. The lowest BCUT2D eigenvalue weighted by Gasteiger charge is -2.47. The summed E-state index contributed by atoms with van der Waals surface area (Å²) in [7, 11) is 0. The predicted molar refractivity (Wildman–Crippen MR) is 102 cm³/mol. The van der Waals surface area contributed by atoms with Crippen molar-refractivity contribution in [1.29, 1.82) is 0 Å². The van der Waals surface area contributed by atoms with Crippen LogP contribution in [0.5, 0.6) is 5.75 Å². The Hall–Kier alpha value is -1.24. The van der Waals surface area contributed by atoms with Crippen molar-refractivity contribution in [2.45, 2.75) is 30.1 Å². The molecule has 3 aliphatic heterocycles. The van der Waals surface area contributed by atoms with Crippen LogP contribution >= 0.6 is 11.8 Å². The summed E-state index contributed by atoms with van der Waals surface area (Å²) in [5.41, 5.74) is 0. The van der Waals surface area contributed by atoms with Crippen LogP contribution in [0.15, 0.2) is 30.3 Å². The van der Waals surface area contributed by atoms with Gasteiger partial charge in [0.2, 0.25) is 0 Å². The van der Waals surface area contributed by atoms with Gasteiger partial charge in [-0.2, -0.15) is 0 Å². The molecule has 3 fully saturated rings. The molecule has 0 saturated carbocycles. The Kier molecular flexibility index (Phi) is 5.72. The molecule has 4 rings (SSSR count). The summed E-state index contributed by atoms with van der Waals surface area (Å²) in [4.78, 5) is 14.2. The molecule has 0 bridgehead atoms. The highest BCUT2D eigenvalue weighted by molar-refractivity contribution is 8.01. The van der Waals surface area contributed by atoms with Gasteiger partial charge >= 0.3 is 0 Å². The lowest BCUT2D eigenvalue weighted by Crippen LogP contribution is -2.61. The maximum atomic E-state index is 12.3. The number of carbonyl (C=O) groups excluding carboxylic acids is 1. The van der Waals surface area contributed by atoms with E-state index in [0.29, 0.717) is 12.0 Å². The molecular weight excluding hydrogens is 350 g/mol. The molecule has 0 aromatic heterocycles. The summed E-state index contributed by atoms with van der Waals surface area (Å²) in [6, 6.07) is 9.50. The topological polar surface area (TPSA) is 48.0 Å². The van der Waals surface area contributed by atoms with E-state index in [1.165, 1.54) is 0 Å². The number of benzene rings is 1. The molecule has 1 atom stereocenters. The molecule has 1 spiro atoms. The monoisotopic (exact) mass is 377 g/mol. The van der Waals surface area contributed by atoms with Crippen molar-refractivity contribution < 1.29 is 19.0 Å². The predicted octanol–water partition coefficient (Wildman–Crippen LogP) is 2.60. The Morgan fingerprint density at radius 3 is 2.77 bits per heavy atom. The number of nitrogens with zero attached hydrogens (tertiary/aromatic N) is 1. The molecular formula is C20H27NO4S. The van der Waals surface area contributed by atoms with Crippen LogP contribution in [-0.2, 0) is 14.3 Å². The largest absolute Gasteiger partial charge is 0.484 e. The molecule has 6 heteroatoms. The van der Waals surface area contributed by atoms with Gasteiger partial charge in [-0.25, -0.2) is 0 Å². The third-order valence-corrected chi connectivity index (χ3v) is 7.08. The van der Waals surface area contributed by atoms with Gasteiger partial charge in [0.05, 0.1) is 10.9 Å². The summed E-state index contributed by atoms with van der Waals surface area (Å²) in [6.45, 7) is 4.38. The number of thioether (sulfide) groups is 1. The van der Waals surface area contributed by atoms with E-state index in [1.54, 1.807) is 0 Å². The second kappa shape index (κ2) is 8.19. The number of carbonyl (C=O) groups is 1. The minimum Gasteiger partial charge on any atom is -0.484 e. The third-order valence-electron chi connectivity index (χ3n) is 5.50. The fourth-order valence-corrected chi connectivity index (χ4v) is 5.45. The molecule has 5 nitrogen and oxygen atoms in total. The second-order valence-corrected chi connectivity index (χ2v) is 9.05. The van der Waals surface area contributed by atoms with Gasteiger partial charge in [-0.15, -0.1) is 11.8 Å². The first kappa shape index (κ1) is 18.1. The lowest BCUT2D eigenvalue weighted by molar-refractivity contribution is -0.139. The SMILES string of the molecule is O=C(COc1ccccc1)N1CC2(CC(OCC3CCOCC3)CS2)C1. The highest BCUT2D eigenvalue weighted by atomic mass is 32.2. The molecule has 1 unspecified atom stereocenters. The Bertz CT molecular complexity index is 599. The van der Waals surface area contributed by atoms with Crippen molar-refractivity contribution in [2.75, 3.05) is 45.3 Å². The molecule has 1 aromatic carbocycles. The fraction of sp³-hybridized carbons (Fsp3) is 0.650. The highest BCUT2D eigenvalue weighted by Crippen LogP contribution is 2.46. The van der Waals surface area contributed by atoms with Gasteiger partial charge in [0.25, 0.3) is 5.91 Å². The molecule has 0 radical (unpaired) electrons. The van der Waals surface area contributed by atoms with Gasteiger partial charge in [0.1, 0.15) is 5.75 Å². The van der Waals surface area contributed by atoms with Crippen LogP contribution in [0.4, 0.5) is 0 Å². The van der Waals surface area contributed by atoms with Crippen molar-refractivity contribution in [1.82, 2.24) is 4.90 Å². The average Bonchev–Trinajstić information content (AvgIpc) is 3.10. The molecule has 1 aromatic rings. The van der Waals surface area contributed by atoms with Crippen LogP contribution in [0.2, 0.25) is 0 Å². The fourth-order valence-electron chi connectivity index (χ4n) is 3.89. The van der Waals surface area contributed by atoms with Crippen LogP contribution in [0.1, 0.15) is 19.3 Å². The van der Waals surface area contributed by atoms with E-state index in [1.807, 2.05) is 47.0 Å². The zero-order valence-electron chi connectivity index (χ0n) is 15.1. The summed E-state index contributed by atoms with van der Waals surface area (Å²) in [6.07, 6.45) is 3.63. The van der Waals surface area contributed by atoms with Crippen LogP contribution in [0.3, 0.4) is 0 Å². The molecule has 3 heterocycles. The molecule has 3 saturated heterocycles. The minimum absolute atomic E-state index is 0.0756. The van der Waals surface area contributed by atoms with Gasteiger partial charge < -0.3 is 19.1 Å². The number of hydrogen-bond donors (Lipinski definition) is 0. The number of likely N-dealkylation sites (tertiary alicyclic amines) is 1. The zero-order chi connectivity index (χ0) is 17.8. The first-order valence-electron chi connectivity index (χ1n) is 9.51. The smallest absolute Gasteiger partial charge is 0.260 e. The lowest BCUT2D eigenvalue weighted by atomic mass is 9.92. The maximum Gasteiger partial charge on any atom is 0.260 e. The molecule has 0 aliphatic carbocycles. The van der Waals surface area contributed by atoms with Gasteiger partial charge in [-0.3, -0.25) is 4.79 Å². The Labute approximate surface area is 159 Å². The Balaban J connectivity index is 1.16. The number of hydrogen-bond acceptors (Lipinski definition) is 5. The third kappa shape index (κ3) is 4.35. The van der Waals surface area contributed by atoms with Crippen LogP contribution in [0.25, 0.3) is 0 Å². The van der Waals surface area contributed by atoms with Crippen molar-refractivity contribution >= 4 is 17.7 Å². The number of para-hydroxylation sites is 1. The zero-order valence-corrected chi connectivity index (χ0v) is 15.9. The van der Waals surface area contributed by atoms with E-state index >= 15 is 0 Å². The van der Waals surface area contributed by atoms with E-state index < -0.39 is 0 Å². The molecule has 1 amide bonds. The number of amides is 1. The van der Waals surface area contributed by atoms with Crippen LogP contribution in [0, 0.1) is 5.92 Å². The van der Waals surface area contributed by atoms with Crippen molar-refractivity contribution in [3.63, 3.8) is 0 Å². The summed E-state index contributed by atoms with van der Waals surface area (Å²) >= 11 is 1.98. The van der Waals surface area contributed by atoms with Crippen LogP contribution in [-0.4, -0.2) is 66.9 Å². The summed E-state index contributed by atoms with van der Waals surface area (Å²) in [5.74, 6) is 2.52. The average molecular weight is 378 g/mol. The Morgan fingerprint density at radius 1 is 1.23 bits per heavy atom. The normalized spacial score (nSPS) is 25.2. The molecule has 26 heavy (non-hydrogen) atoms. The van der Waals surface area contributed by atoms with Gasteiger partial charge in [0, 0.05) is 38.7 Å². The quantitative estimate of drug-likeness (QED) is 0.763. The number of ether oxygens (including phenoxy) is 3. The summed E-state index contributed by atoms with van der Waals surface area (Å²) < 4.78 is 17.4. The number of rotatable bonds is 6. The molecule has 142 valence electrons. The highest BCUT2D eigenvalue weighted by Gasteiger charge is 2.50.